The number of amides is 2. The van der Waals surface area contributed by atoms with Gasteiger partial charge >= 0.3 is 0 Å². The molecule has 0 aromatic heterocycles. The maximum atomic E-state index is 13.8. The third-order valence-corrected chi connectivity index (χ3v) is 8.03. The molecule has 1 aliphatic heterocycles. The Bertz CT molecular complexity index is 1180. The minimum absolute atomic E-state index is 0.201. The van der Waals surface area contributed by atoms with Crippen molar-refractivity contribution in [3.05, 3.63) is 105 Å². The van der Waals surface area contributed by atoms with E-state index >= 15 is 0 Å². The molecule has 0 saturated carbocycles. The summed E-state index contributed by atoms with van der Waals surface area (Å²) in [6.45, 7) is 8.00. The Morgan fingerprint density at radius 2 is 1.17 bits per heavy atom. The zero-order chi connectivity index (χ0) is 25.5. The van der Waals surface area contributed by atoms with Crippen LogP contribution in [0.5, 0.6) is 0 Å². The number of thioether (sulfide) groups is 2. The van der Waals surface area contributed by atoms with E-state index in [4.69, 9.17) is 4.74 Å². The lowest BCUT2D eigenvalue weighted by Crippen LogP contribution is -2.44. The van der Waals surface area contributed by atoms with Crippen molar-refractivity contribution in [3.63, 3.8) is 0 Å². The number of nitrogens with one attached hydrogen (secondary N) is 1. The average molecular weight is 519 g/mol. The lowest BCUT2D eigenvalue weighted by atomic mass is 10.1. The molecular weight excluding hydrogens is 488 g/mol. The van der Waals surface area contributed by atoms with Gasteiger partial charge in [-0.25, -0.2) is 0 Å². The predicted octanol–water partition coefficient (Wildman–Crippen LogP) is 5.95. The van der Waals surface area contributed by atoms with Crippen LogP contribution in [-0.4, -0.2) is 43.0 Å². The van der Waals surface area contributed by atoms with Crippen LogP contribution in [0, 0.1) is 20.8 Å². The highest BCUT2D eigenvalue weighted by molar-refractivity contribution is 8.22. The number of benzene rings is 3. The first-order valence-electron chi connectivity index (χ1n) is 11.9. The Hall–Kier alpha value is -3.00. The van der Waals surface area contributed by atoms with E-state index in [9.17, 15) is 9.59 Å². The van der Waals surface area contributed by atoms with E-state index in [-0.39, 0.29) is 11.8 Å². The van der Waals surface area contributed by atoms with E-state index < -0.39 is 0 Å². The van der Waals surface area contributed by atoms with Gasteiger partial charge in [0.05, 0.1) is 17.5 Å². The van der Waals surface area contributed by atoms with E-state index in [1.165, 1.54) is 23.5 Å². The van der Waals surface area contributed by atoms with Crippen molar-refractivity contribution in [2.24, 2.45) is 0 Å². The minimum Gasteiger partial charge on any atom is -0.378 e. The third-order valence-electron chi connectivity index (χ3n) is 5.73. The number of carbonyl (C=O) groups is 2. The molecule has 0 bridgehead atoms. The molecule has 0 aliphatic carbocycles. The summed E-state index contributed by atoms with van der Waals surface area (Å²) in [5, 5.41) is 2.98. The van der Waals surface area contributed by atoms with Crippen molar-refractivity contribution >= 4 is 35.3 Å². The van der Waals surface area contributed by atoms with Crippen LogP contribution in [0.4, 0.5) is 0 Å². The van der Waals surface area contributed by atoms with E-state index in [0.717, 1.165) is 30.7 Å². The van der Waals surface area contributed by atoms with Gasteiger partial charge in [0.1, 0.15) is 5.70 Å². The molecule has 0 radical (unpaired) electrons. The normalized spacial score (nSPS) is 13.2. The minimum atomic E-state index is -0.307. The van der Waals surface area contributed by atoms with Gasteiger partial charge in [0, 0.05) is 28.4 Å². The van der Waals surface area contributed by atoms with Gasteiger partial charge in [-0.15, -0.1) is 0 Å². The van der Waals surface area contributed by atoms with Gasteiger partial charge in [0.25, 0.3) is 11.8 Å². The standard InChI is InChI=1S/C29H30N2O3S2/c1-20-4-10-23(11-5-20)27(32)30-26(28(33)31-16-18-34-19-17-31)29(35-24-12-6-21(2)7-13-24)36-25-14-8-22(3)9-15-25/h4-15H,16-19H2,1-3H3,(H,30,32). The fraction of sp³-hybridized carbons (Fsp3) is 0.241. The van der Waals surface area contributed by atoms with Crippen LogP contribution >= 0.6 is 23.5 Å². The first-order chi connectivity index (χ1) is 17.4. The van der Waals surface area contributed by atoms with Crippen molar-refractivity contribution in [2.75, 3.05) is 26.3 Å². The molecule has 1 fully saturated rings. The van der Waals surface area contributed by atoms with Crippen molar-refractivity contribution in [1.82, 2.24) is 10.2 Å². The maximum absolute atomic E-state index is 13.8. The Labute approximate surface area is 221 Å². The molecule has 186 valence electrons. The molecule has 4 rings (SSSR count). The number of hydrogen-bond donors (Lipinski definition) is 1. The maximum Gasteiger partial charge on any atom is 0.272 e. The lowest BCUT2D eigenvalue weighted by molar-refractivity contribution is -0.131. The molecule has 0 spiro atoms. The molecule has 5 nitrogen and oxygen atoms in total. The van der Waals surface area contributed by atoms with E-state index in [1.54, 1.807) is 17.0 Å². The molecule has 0 atom stereocenters. The van der Waals surface area contributed by atoms with E-state index in [2.05, 4.69) is 5.32 Å². The fourth-order valence-corrected chi connectivity index (χ4v) is 5.75. The molecule has 2 amide bonds. The molecule has 7 heteroatoms. The summed E-state index contributed by atoms with van der Waals surface area (Å²) in [5.74, 6) is -0.508. The molecule has 36 heavy (non-hydrogen) atoms. The number of nitrogens with zero attached hydrogens (tertiary/aromatic N) is 1. The van der Waals surface area contributed by atoms with Gasteiger partial charge in [-0.1, -0.05) is 76.6 Å². The van der Waals surface area contributed by atoms with Gasteiger partial charge in [-0.2, -0.15) is 0 Å². The Kier molecular flexibility index (Phi) is 8.91. The number of ether oxygens (including phenoxy) is 1. The summed E-state index contributed by atoms with van der Waals surface area (Å²) in [4.78, 5) is 30.8. The first kappa shape index (κ1) is 26.1. The topological polar surface area (TPSA) is 58.6 Å². The SMILES string of the molecule is Cc1ccc(SC(Sc2ccc(C)cc2)=C(NC(=O)c2ccc(C)cc2)C(=O)N2CCOCC2)cc1. The Morgan fingerprint density at radius 3 is 1.64 bits per heavy atom. The van der Waals surface area contributed by atoms with Crippen LogP contribution < -0.4 is 5.32 Å². The smallest absolute Gasteiger partial charge is 0.272 e. The molecule has 1 heterocycles. The van der Waals surface area contributed by atoms with Crippen LogP contribution in [-0.2, 0) is 9.53 Å². The highest BCUT2D eigenvalue weighted by Gasteiger charge is 2.27. The van der Waals surface area contributed by atoms with Crippen LogP contribution in [0.15, 0.2) is 92.5 Å². The molecular formula is C29H30N2O3S2. The quantitative estimate of drug-likeness (QED) is 0.309. The van der Waals surface area contributed by atoms with Gasteiger partial charge in [-0.05, 0) is 57.2 Å². The summed E-state index contributed by atoms with van der Waals surface area (Å²) >= 11 is 2.97. The summed E-state index contributed by atoms with van der Waals surface area (Å²) in [5.41, 5.74) is 4.19. The fourth-order valence-electron chi connectivity index (χ4n) is 3.56. The van der Waals surface area contributed by atoms with Gasteiger partial charge in [0.2, 0.25) is 0 Å². The number of morpholine rings is 1. The van der Waals surface area contributed by atoms with Crippen LogP contribution in [0.25, 0.3) is 0 Å². The molecule has 1 saturated heterocycles. The Balaban J connectivity index is 1.76. The Morgan fingerprint density at radius 1 is 0.722 bits per heavy atom. The zero-order valence-corrected chi connectivity index (χ0v) is 22.4. The molecule has 1 aliphatic rings. The van der Waals surface area contributed by atoms with Gasteiger partial charge in [0.15, 0.2) is 0 Å². The predicted molar refractivity (Wildman–Crippen MR) is 147 cm³/mol. The van der Waals surface area contributed by atoms with E-state index in [1.807, 2.05) is 81.4 Å². The van der Waals surface area contributed by atoms with Crippen LogP contribution in [0.2, 0.25) is 0 Å². The van der Waals surface area contributed by atoms with Crippen LogP contribution in [0.3, 0.4) is 0 Å². The van der Waals surface area contributed by atoms with Gasteiger partial charge < -0.3 is 15.0 Å². The average Bonchev–Trinajstić information content (AvgIpc) is 2.90. The summed E-state index contributed by atoms with van der Waals surface area (Å²) in [6.07, 6.45) is 0. The van der Waals surface area contributed by atoms with Crippen molar-refractivity contribution in [2.45, 2.75) is 30.6 Å². The van der Waals surface area contributed by atoms with E-state index in [0.29, 0.717) is 37.6 Å². The first-order valence-corrected chi connectivity index (χ1v) is 13.5. The van der Waals surface area contributed by atoms with Crippen molar-refractivity contribution < 1.29 is 14.3 Å². The molecule has 3 aromatic rings. The van der Waals surface area contributed by atoms with Gasteiger partial charge in [-0.3, -0.25) is 9.59 Å². The second-order valence-corrected chi connectivity index (χ2v) is 11.1. The molecule has 3 aromatic carbocycles. The lowest BCUT2D eigenvalue weighted by Gasteiger charge is -2.28. The molecule has 1 N–H and O–H groups in total. The highest BCUT2D eigenvalue weighted by atomic mass is 32.2. The highest BCUT2D eigenvalue weighted by Crippen LogP contribution is 2.41. The second-order valence-electron chi connectivity index (χ2n) is 8.72. The zero-order valence-electron chi connectivity index (χ0n) is 20.7. The summed E-state index contributed by atoms with van der Waals surface area (Å²) in [6, 6.07) is 23.7. The van der Waals surface area contributed by atoms with Crippen molar-refractivity contribution in [1.29, 1.82) is 0 Å². The second kappa shape index (κ2) is 12.3. The van der Waals surface area contributed by atoms with Crippen molar-refractivity contribution in [3.8, 4) is 0 Å². The third kappa shape index (κ3) is 7.03. The summed E-state index contributed by atoms with van der Waals surface area (Å²) in [7, 11) is 0. The largest absolute Gasteiger partial charge is 0.378 e. The number of carbonyl (C=O) groups excluding carboxylic acids is 2. The number of aryl methyl sites for hydroxylation is 3. The van der Waals surface area contributed by atoms with Crippen LogP contribution in [0.1, 0.15) is 27.0 Å². The molecule has 0 unspecified atom stereocenters. The number of rotatable bonds is 7. The number of hydrogen-bond acceptors (Lipinski definition) is 5. The monoisotopic (exact) mass is 518 g/mol. The summed E-state index contributed by atoms with van der Waals surface area (Å²) < 4.78 is 6.18.